The van der Waals surface area contributed by atoms with Crippen LogP contribution in [0.4, 0.5) is 0 Å². The number of sulfonamides is 1. The Labute approximate surface area is 112 Å². The normalized spacial score (nSPS) is 17.9. The third-order valence-corrected chi connectivity index (χ3v) is 5.40. The molecule has 0 aliphatic heterocycles. The molecule has 102 valence electrons. The number of H-pyrrole nitrogens is 1. The van der Waals surface area contributed by atoms with Gasteiger partial charge in [0.25, 0.3) is 0 Å². The number of aromatic amines is 1. The third-order valence-electron chi connectivity index (χ3n) is 3.55. The van der Waals surface area contributed by atoms with Crippen molar-refractivity contribution in [1.82, 2.24) is 14.9 Å². The summed E-state index contributed by atoms with van der Waals surface area (Å²) in [5.74, 6) is 0.575. The summed E-state index contributed by atoms with van der Waals surface area (Å²) in [4.78, 5) is 0.268. The van der Waals surface area contributed by atoms with Crippen molar-refractivity contribution in [2.24, 2.45) is 5.41 Å². The first kappa shape index (κ1) is 13.8. The summed E-state index contributed by atoms with van der Waals surface area (Å²) < 4.78 is 27.1. The predicted octanol–water partition coefficient (Wildman–Crippen LogP) is 1.71. The molecule has 0 atom stereocenters. The van der Waals surface area contributed by atoms with Gasteiger partial charge in [0.15, 0.2) is 0 Å². The second-order valence-corrected chi connectivity index (χ2v) is 7.11. The smallest absolute Gasteiger partial charge is 0.244 e. The third kappa shape index (κ3) is 2.70. The molecule has 2 rings (SSSR count). The highest BCUT2D eigenvalue weighted by Gasteiger charge is 2.42. The monoisotopic (exact) mass is 291 g/mol. The largest absolute Gasteiger partial charge is 0.281 e. The van der Waals surface area contributed by atoms with Gasteiger partial charge in [0.1, 0.15) is 4.90 Å². The fourth-order valence-electron chi connectivity index (χ4n) is 2.15. The van der Waals surface area contributed by atoms with E-state index in [1.807, 2.05) is 0 Å². The number of aryl methyl sites for hydroxylation is 2. The van der Waals surface area contributed by atoms with Crippen LogP contribution in [0.2, 0.25) is 0 Å². The van der Waals surface area contributed by atoms with E-state index < -0.39 is 10.0 Å². The summed E-state index contributed by atoms with van der Waals surface area (Å²) in [6.07, 6.45) is 2.96. The van der Waals surface area contributed by atoms with Crippen LogP contribution in [-0.2, 0) is 10.0 Å². The standard InChI is InChI=1S/C11H18ClN3O2S/c1-8-10(9(2)15-14-8)18(16,17)13-7-11(3-4-11)5-6-12/h13H,3-7H2,1-2H3,(H,14,15). The molecule has 5 nitrogen and oxygen atoms in total. The SMILES string of the molecule is Cc1n[nH]c(C)c1S(=O)(=O)NCC1(CCCl)CC1. The van der Waals surface area contributed by atoms with Gasteiger partial charge in [-0.3, -0.25) is 5.10 Å². The highest BCUT2D eigenvalue weighted by molar-refractivity contribution is 7.89. The maximum atomic E-state index is 12.2. The van der Waals surface area contributed by atoms with Crippen LogP contribution in [0.1, 0.15) is 30.7 Å². The van der Waals surface area contributed by atoms with Crippen molar-refractivity contribution in [3.05, 3.63) is 11.4 Å². The van der Waals surface area contributed by atoms with E-state index in [-0.39, 0.29) is 10.3 Å². The number of alkyl halides is 1. The van der Waals surface area contributed by atoms with Crippen LogP contribution in [-0.4, -0.2) is 31.0 Å². The minimum absolute atomic E-state index is 0.0837. The average molecular weight is 292 g/mol. The molecule has 7 heteroatoms. The summed E-state index contributed by atoms with van der Waals surface area (Å²) in [5, 5.41) is 6.60. The van der Waals surface area contributed by atoms with Crippen molar-refractivity contribution in [3.63, 3.8) is 0 Å². The molecule has 0 amide bonds. The Morgan fingerprint density at radius 1 is 1.44 bits per heavy atom. The first-order chi connectivity index (χ1) is 8.40. The fourth-order valence-corrected chi connectivity index (χ4v) is 4.07. The van der Waals surface area contributed by atoms with Crippen LogP contribution in [0.5, 0.6) is 0 Å². The zero-order valence-corrected chi connectivity index (χ0v) is 12.2. The van der Waals surface area contributed by atoms with E-state index in [1.54, 1.807) is 13.8 Å². The van der Waals surface area contributed by atoms with Gasteiger partial charge in [-0.1, -0.05) is 0 Å². The Morgan fingerprint density at radius 3 is 2.56 bits per heavy atom. The fraction of sp³-hybridized carbons (Fsp3) is 0.727. The lowest BCUT2D eigenvalue weighted by Gasteiger charge is -2.14. The van der Waals surface area contributed by atoms with Gasteiger partial charge in [-0.25, -0.2) is 13.1 Å². The Morgan fingerprint density at radius 2 is 2.11 bits per heavy atom. The highest BCUT2D eigenvalue weighted by Crippen LogP contribution is 2.48. The molecular formula is C11H18ClN3O2S. The van der Waals surface area contributed by atoms with Gasteiger partial charge in [0.2, 0.25) is 10.0 Å². The number of aromatic nitrogens is 2. The average Bonchev–Trinajstić information content (AvgIpc) is 2.97. The minimum Gasteiger partial charge on any atom is -0.281 e. The van der Waals surface area contributed by atoms with Gasteiger partial charge in [0.05, 0.1) is 11.4 Å². The minimum atomic E-state index is -3.48. The zero-order chi connectivity index (χ0) is 13.4. The Hall–Kier alpha value is -0.590. The van der Waals surface area contributed by atoms with Crippen LogP contribution >= 0.6 is 11.6 Å². The number of hydrogen-bond acceptors (Lipinski definition) is 3. The van der Waals surface area contributed by atoms with Gasteiger partial charge in [0, 0.05) is 12.4 Å². The van der Waals surface area contributed by atoms with Crippen LogP contribution in [0, 0.1) is 19.3 Å². The van der Waals surface area contributed by atoms with E-state index in [4.69, 9.17) is 11.6 Å². The van der Waals surface area contributed by atoms with Crippen molar-refractivity contribution < 1.29 is 8.42 Å². The first-order valence-electron chi connectivity index (χ1n) is 5.97. The molecule has 0 aromatic carbocycles. The quantitative estimate of drug-likeness (QED) is 0.784. The van der Waals surface area contributed by atoms with Crippen molar-refractivity contribution in [2.45, 2.75) is 38.0 Å². The summed E-state index contributed by atoms with van der Waals surface area (Å²) >= 11 is 5.73. The molecular weight excluding hydrogens is 274 g/mol. The van der Waals surface area contributed by atoms with Gasteiger partial charge in [-0.05, 0) is 38.5 Å². The molecule has 0 spiro atoms. The predicted molar refractivity (Wildman–Crippen MR) is 70.3 cm³/mol. The summed E-state index contributed by atoms with van der Waals surface area (Å²) in [5.41, 5.74) is 1.16. The molecule has 0 unspecified atom stereocenters. The van der Waals surface area contributed by atoms with E-state index in [0.717, 1.165) is 19.3 Å². The zero-order valence-electron chi connectivity index (χ0n) is 10.6. The number of nitrogens with one attached hydrogen (secondary N) is 2. The number of rotatable bonds is 6. The maximum absolute atomic E-state index is 12.2. The lowest BCUT2D eigenvalue weighted by atomic mass is 10.1. The van der Waals surface area contributed by atoms with Crippen LogP contribution in [0.25, 0.3) is 0 Å². The van der Waals surface area contributed by atoms with Gasteiger partial charge >= 0.3 is 0 Å². The molecule has 1 fully saturated rings. The molecule has 18 heavy (non-hydrogen) atoms. The van der Waals surface area contributed by atoms with E-state index in [2.05, 4.69) is 14.9 Å². The van der Waals surface area contributed by atoms with Crippen molar-refractivity contribution in [3.8, 4) is 0 Å². The first-order valence-corrected chi connectivity index (χ1v) is 7.99. The van der Waals surface area contributed by atoms with E-state index >= 15 is 0 Å². The lowest BCUT2D eigenvalue weighted by Crippen LogP contribution is -2.31. The second-order valence-electron chi connectivity index (χ2n) is 5.03. The van der Waals surface area contributed by atoms with Crippen LogP contribution < -0.4 is 4.72 Å². The molecule has 0 saturated heterocycles. The molecule has 2 N–H and O–H groups in total. The molecule has 0 bridgehead atoms. The Balaban J connectivity index is 2.09. The van der Waals surface area contributed by atoms with E-state index in [9.17, 15) is 8.42 Å². The molecule has 1 aliphatic carbocycles. The van der Waals surface area contributed by atoms with E-state index in [0.29, 0.717) is 23.8 Å². The summed E-state index contributed by atoms with van der Waals surface area (Å²) in [7, 11) is -3.48. The topological polar surface area (TPSA) is 74.8 Å². The molecule has 1 aromatic rings. The van der Waals surface area contributed by atoms with Gasteiger partial charge in [-0.2, -0.15) is 5.10 Å². The molecule has 1 saturated carbocycles. The highest BCUT2D eigenvalue weighted by atomic mass is 35.5. The Kier molecular flexibility index (Phi) is 3.71. The number of nitrogens with zero attached hydrogens (tertiary/aromatic N) is 1. The molecule has 1 heterocycles. The molecule has 1 aromatic heterocycles. The van der Waals surface area contributed by atoms with Gasteiger partial charge < -0.3 is 0 Å². The van der Waals surface area contributed by atoms with Crippen molar-refractivity contribution >= 4 is 21.6 Å². The Bertz CT molecular complexity index is 515. The molecule has 0 radical (unpaired) electrons. The van der Waals surface area contributed by atoms with Crippen LogP contribution in [0.3, 0.4) is 0 Å². The van der Waals surface area contributed by atoms with Gasteiger partial charge in [-0.15, -0.1) is 11.6 Å². The molecule has 1 aliphatic rings. The second kappa shape index (κ2) is 4.83. The maximum Gasteiger partial charge on any atom is 0.244 e. The number of halogens is 1. The van der Waals surface area contributed by atoms with Crippen molar-refractivity contribution in [1.29, 1.82) is 0 Å². The van der Waals surface area contributed by atoms with E-state index in [1.165, 1.54) is 0 Å². The number of hydrogen-bond donors (Lipinski definition) is 2. The summed E-state index contributed by atoms with van der Waals surface area (Å²) in [6.45, 7) is 3.86. The van der Waals surface area contributed by atoms with Crippen molar-refractivity contribution in [2.75, 3.05) is 12.4 Å². The lowest BCUT2D eigenvalue weighted by molar-refractivity contribution is 0.478. The van der Waals surface area contributed by atoms with Crippen LogP contribution in [0.15, 0.2) is 4.90 Å². The summed E-state index contributed by atoms with van der Waals surface area (Å²) in [6, 6.07) is 0.